The van der Waals surface area contributed by atoms with Crippen LogP contribution in [0.4, 0.5) is 5.69 Å². The number of ketones is 1. The first kappa shape index (κ1) is 42.9. The molecule has 0 aliphatic carbocycles. The molecule has 6 bridgehead atoms. The maximum absolute atomic E-state index is 14.0. The highest BCUT2D eigenvalue weighted by molar-refractivity contribution is 6.37. The number of alkyl halides is 1. The number of nitrogens with two attached hydrogens (primary N) is 1. The smallest absolute Gasteiger partial charge is 0.321 e. The van der Waals surface area contributed by atoms with Crippen LogP contribution in [0.5, 0.6) is 5.75 Å². The van der Waals surface area contributed by atoms with E-state index in [-0.39, 0.29) is 41.3 Å². The van der Waals surface area contributed by atoms with E-state index in [0.717, 1.165) is 6.20 Å². The Bertz CT molecular complexity index is 1940. The first-order chi connectivity index (χ1) is 26.6. The second-order valence-electron chi connectivity index (χ2n) is 13.0. The molecule has 2 aromatic rings. The van der Waals surface area contributed by atoms with Crippen LogP contribution in [0.25, 0.3) is 11.1 Å². The van der Waals surface area contributed by atoms with E-state index < -0.39 is 95.2 Å². The number of para-hydroxylation sites is 1. The largest absolute Gasteiger partial charge is 0.467 e. The lowest BCUT2D eigenvalue weighted by Gasteiger charge is -2.36. The minimum absolute atomic E-state index is 0.00859. The lowest BCUT2D eigenvalue weighted by molar-refractivity contribution is -0.175. The predicted octanol–water partition coefficient (Wildman–Crippen LogP) is -0.222. The molecule has 0 unspecified atom stereocenters. The number of amides is 6. The SMILES string of the molecule is C/C=C\NC(=O)[C@H]1NC(=O)[C@H](CC(N)=O)NC(=O)[C@@H](NC(=O)C(=O)[C@@H](C)CC)Cc2ccc(OCOC)c(c2)-c2cccc3c2NC(=O)[C@@]3(O)[C@@H]1OC(=O)CCl. The summed E-state index contributed by atoms with van der Waals surface area (Å²) in [6.45, 7) is 4.56. The second kappa shape index (κ2) is 18.7. The van der Waals surface area contributed by atoms with Crippen LogP contribution in [0.3, 0.4) is 0 Å². The Labute approximate surface area is 326 Å². The van der Waals surface area contributed by atoms with Gasteiger partial charge in [0.15, 0.2) is 12.9 Å². The molecule has 2 aromatic carbocycles. The summed E-state index contributed by atoms with van der Waals surface area (Å²) < 4.78 is 16.4. The molecule has 0 saturated carbocycles. The molecule has 0 spiro atoms. The average molecular weight is 799 g/mol. The first-order valence-electron chi connectivity index (χ1n) is 17.4. The third-order valence-corrected chi connectivity index (χ3v) is 9.38. The van der Waals surface area contributed by atoms with Gasteiger partial charge < -0.3 is 51.6 Å². The van der Waals surface area contributed by atoms with Crippen molar-refractivity contribution in [3.8, 4) is 16.9 Å². The van der Waals surface area contributed by atoms with Crippen LogP contribution in [0.15, 0.2) is 48.7 Å². The molecule has 0 fully saturated rings. The standard InChI is InChI=1S/C37H43ClN6O12/c1-5-12-40-34(50)29-31(56-27(46)16-38)37(53)22-9-7-8-20(28(22)44-36(37)52)21-13-19(10-11-25(21)55-17-54-4)14-23(42-35(51)30(47)18(3)6-2)32(48)41-24(15-26(39)45)33(49)43-29/h5,7-13,18,23-24,29,31,53H,6,14-17H2,1-4H3,(H2,39,45)(H,40,50)(H,41,48)(H,42,51)(H,43,49)(H,44,52)/b12-5-/t18-,23-,24-,29-,31+,37-/m0/s1. The van der Waals surface area contributed by atoms with Crippen LogP contribution in [-0.2, 0) is 59.9 Å². The van der Waals surface area contributed by atoms with E-state index >= 15 is 0 Å². The molecule has 6 atom stereocenters. The maximum atomic E-state index is 14.0. The number of primary amides is 1. The number of anilines is 1. The van der Waals surface area contributed by atoms with Gasteiger partial charge in [-0.3, -0.25) is 38.4 Å². The molecule has 2 aliphatic rings. The molecular formula is C37H43ClN6O12. The number of carbonyl (C=O) groups is 8. The average Bonchev–Trinajstić information content (AvgIpc) is 3.44. The number of hydrogen-bond acceptors (Lipinski definition) is 12. The number of hydrogen-bond donors (Lipinski definition) is 7. The Morgan fingerprint density at radius 1 is 1.09 bits per heavy atom. The van der Waals surface area contributed by atoms with Gasteiger partial charge >= 0.3 is 5.97 Å². The van der Waals surface area contributed by atoms with Crippen LogP contribution < -0.4 is 37.1 Å². The summed E-state index contributed by atoms with van der Waals surface area (Å²) in [4.78, 5) is 107. The molecule has 0 saturated heterocycles. The van der Waals surface area contributed by atoms with Crippen LogP contribution in [0.1, 0.15) is 44.7 Å². The second-order valence-corrected chi connectivity index (χ2v) is 13.3. The minimum Gasteiger partial charge on any atom is -0.467 e. The molecular weight excluding hydrogens is 756 g/mol. The van der Waals surface area contributed by atoms with Crippen molar-refractivity contribution in [3.63, 3.8) is 0 Å². The zero-order chi connectivity index (χ0) is 41.3. The topological polar surface area (TPSA) is 271 Å². The molecule has 4 rings (SSSR count). The van der Waals surface area contributed by atoms with Crippen molar-refractivity contribution >= 4 is 64.5 Å². The van der Waals surface area contributed by atoms with Gasteiger partial charge in [0.2, 0.25) is 29.1 Å². The zero-order valence-electron chi connectivity index (χ0n) is 30.9. The molecule has 2 heterocycles. The maximum Gasteiger partial charge on any atom is 0.321 e. The summed E-state index contributed by atoms with van der Waals surface area (Å²) in [5.74, 6) is -10.0. The van der Waals surface area contributed by atoms with E-state index in [4.69, 9.17) is 31.5 Å². The Morgan fingerprint density at radius 3 is 2.46 bits per heavy atom. The number of halogens is 1. The van der Waals surface area contributed by atoms with Gasteiger partial charge in [-0.25, -0.2) is 0 Å². The van der Waals surface area contributed by atoms with E-state index in [0.29, 0.717) is 12.0 Å². The highest BCUT2D eigenvalue weighted by atomic mass is 35.5. The number of benzene rings is 2. The van der Waals surface area contributed by atoms with E-state index in [1.54, 1.807) is 32.0 Å². The number of methoxy groups -OCH3 is 1. The number of esters is 1. The van der Waals surface area contributed by atoms with Crippen LogP contribution >= 0.6 is 11.6 Å². The van der Waals surface area contributed by atoms with Gasteiger partial charge in [-0.05, 0) is 37.2 Å². The number of aliphatic hydroxyl groups is 1. The van der Waals surface area contributed by atoms with Gasteiger partial charge in [0.05, 0.1) is 12.1 Å². The Hall–Kier alpha value is -5.85. The van der Waals surface area contributed by atoms with Crippen molar-refractivity contribution < 1.29 is 57.7 Å². The Balaban J connectivity index is 2.04. The van der Waals surface area contributed by atoms with Crippen LogP contribution in [-0.4, -0.2) is 96.3 Å². The summed E-state index contributed by atoms with van der Waals surface area (Å²) >= 11 is 5.77. The molecule has 56 heavy (non-hydrogen) atoms. The fourth-order valence-electron chi connectivity index (χ4n) is 6.13. The van der Waals surface area contributed by atoms with Crippen molar-refractivity contribution in [1.82, 2.24) is 21.3 Å². The summed E-state index contributed by atoms with van der Waals surface area (Å²) in [6, 6.07) is 3.48. The summed E-state index contributed by atoms with van der Waals surface area (Å²) in [6.07, 6.45) is -0.499. The van der Waals surface area contributed by atoms with Gasteiger partial charge in [0, 0.05) is 36.1 Å². The molecule has 19 heteroatoms. The lowest BCUT2D eigenvalue weighted by atomic mass is 9.83. The number of carbonyl (C=O) groups excluding carboxylic acids is 8. The lowest BCUT2D eigenvalue weighted by Crippen LogP contribution is -2.65. The van der Waals surface area contributed by atoms with E-state index in [2.05, 4.69) is 26.6 Å². The zero-order valence-corrected chi connectivity index (χ0v) is 31.7. The molecule has 6 amide bonds. The fraction of sp³-hybridized carbons (Fsp3) is 0.405. The molecule has 0 radical (unpaired) electrons. The highest BCUT2D eigenvalue weighted by Crippen LogP contribution is 2.47. The highest BCUT2D eigenvalue weighted by Gasteiger charge is 2.58. The van der Waals surface area contributed by atoms with Crippen LogP contribution in [0.2, 0.25) is 0 Å². The number of Topliss-reactive ketones (excluding diaryl/α,β-unsaturated/α-hetero) is 1. The van der Waals surface area contributed by atoms with Gasteiger partial charge in [-0.15, -0.1) is 11.6 Å². The molecule has 300 valence electrons. The monoisotopic (exact) mass is 798 g/mol. The summed E-state index contributed by atoms with van der Waals surface area (Å²) in [5, 5.41) is 24.5. The Kier molecular flexibility index (Phi) is 14.3. The summed E-state index contributed by atoms with van der Waals surface area (Å²) in [7, 11) is 1.39. The number of rotatable bonds is 13. The fourth-order valence-corrected chi connectivity index (χ4v) is 6.19. The van der Waals surface area contributed by atoms with Crippen molar-refractivity contribution in [1.29, 1.82) is 0 Å². The van der Waals surface area contributed by atoms with E-state index in [9.17, 15) is 43.5 Å². The normalized spacial score (nSPS) is 22.6. The number of nitrogens with one attached hydrogen (secondary N) is 5. The molecule has 0 aromatic heterocycles. The van der Waals surface area contributed by atoms with E-state index in [1.807, 2.05) is 0 Å². The van der Waals surface area contributed by atoms with Gasteiger partial charge in [-0.1, -0.05) is 44.2 Å². The number of fused-ring (bicyclic) bond motifs is 3. The number of allylic oxidation sites excluding steroid dienone is 1. The summed E-state index contributed by atoms with van der Waals surface area (Å²) in [5.41, 5.74) is 3.27. The van der Waals surface area contributed by atoms with Crippen molar-refractivity contribution in [3.05, 3.63) is 59.8 Å². The third-order valence-electron chi connectivity index (χ3n) is 9.16. The first-order valence-corrected chi connectivity index (χ1v) is 18.0. The van der Waals surface area contributed by atoms with Crippen molar-refractivity contribution in [2.75, 3.05) is 25.1 Å². The Morgan fingerprint density at radius 2 is 1.82 bits per heavy atom. The van der Waals surface area contributed by atoms with Crippen molar-refractivity contribution in [2.24, 2.45) is 11.7 Å². The van der Waals surface area contributed by atoms with Crippen molar-refractivity contribution in [2.45, 2.75) is 69.9 Å². The molecule has 8 N–H and O–H groups in total. The van der Waals surface area contributed by atoms with Crippen LogP contribution in [0, 0.1) is 5.92 Å². The van der Waals surface area contributed by atoms with Gasteiger partial charge in [0.1, 0.15) is 29.8 Å². The van der Waals surface area contributed by atoms with Gasteiger partial charge in [-0.2, -0.15) is 0 Å². The van der Waals surface area contributed by atoms with Gasteiger partial charge in [0.25, 0.3) is 17.7 Å². The quantitative estimate of drug-likeness (QED) is 0.0600. The minimum atomic E-state index is -2.89. The van der Waals surface area contributed by atoms with E-state index in [1.165, 1.54) is 38.3 Å². The predicted molar refractivity (Wildman–Crippen MR) is 198 cm³/mol. The third kappa shape index (κ3) is 9.32. The molecule has 2 aliphatic heterocycles. The molecule has 18 nitrogen and oxygen atoms in total. The number of ether oxygens (including phenoxy) is 3.